The van der Waals surface area contributed by atoms with Crippen LogP contribution in [0.4, 0.5) is 11.4 Å². The molecular weight excluding hydrogens is 280 g/mol. The molecule has 0 unspecified atom stereocenters. The Kier molecular flexibility index (Phi) is 5.14. The molecule has 0 fully saturated rings. The Morgan fingerprint density at radius 2 is 1.68 bits per heavy atom. The summed E-state index contributed by atoms with van der Waals surface area (Å²) in [6, 6.07) is 16.2. The number of ether oxygens (including phenoxy) is 1. The van der Waals surface area contributed by atoms with Gasteiger partial charge in [-0.3, -0.25) is 9.59 Å². The quantitative estimate of drug-likeness (QED) is 0.863. The molecule has 0 heterocycles. The minimum Gasteiger partial charge on any atom is -0.495 e. The van der Waals surface area contributed by atoms with Gasteiger partial charge in [-0.25, -0.2) is 0 Å². The summed E-state index contributed by atoms with van der Waals surface area (Å²) in [5.41, 5.74) is 1.29. The largest absolute Gasteiger partial charge is 0.495 e. The maximum absolute atomic E-state index is 12.1. The van der Waals surface area contributed by atoms with Crippen molar-refractivity contribution < 1.29 is 14.3 Å². The molecule has 0 radical (unpaired) electrons. The highest BCUT2D eigenvalue weighted by Crippen LogP contribution is 2.23. The number of para-hydroxylation sites is 3. The molecule has 5 heteroatoms. The van der Waals surface area contributed by atoms with E-state index in [1.54, 1.807) is 25.2 Å². The summed E-state index contributed by atoms with van der Waals surface area (Å²) >= 11 is 0. The van der Waals surface area contributed by atoms with Crippen LogP contribution < -0.4 is 15.0 Å². The lowest BCUT2D eigenvalue weighted by Gasteiger charge is -2.17. The Morgan fingerprint density at radius 3 is 2.36 bits per heavy atom. The molecule has 0 aliphatic carbocycles. The van der Waals surface area contributed by atoms with Crippen molar-refractivity contribution >= 4 is 23.2 Å². The number of amides is 2. The van der Waals surface area contributed by atoms with Gasteiger partial charge in [-0.15, -0.1) is 0 Å². The Balaban J connectivity index is 1.98. The zero-order valence-electron chi connectivity index (χ0n) is 12.6. The van der Waals surface area contributed by atoms with Crippen molar-refractivity contribution in [3.8, 4) is 5.75 Å². The van der Waals surface area contributed by atoms with E-state index < -0.39 is 0 Å². The summed E-state index contributed by atoms with van der Waals surface area (Å²) in [6.45, 7) is 0. The zero-order valence-corrected chi connectivity index (χ0v) is 12.6. The van der Waals surface area contributed by atoms with Crippen LogP contribution in [0.25, 0.3) is 0 Å². The van der Waals surface area contributed by atoms with Crippen LogP contribution in [0, 0.1) is 0 Å². The normalized spacial score (nSPS) is 9.91. The number of benzene rings is 2. The summed E-state index contributed by atoms with van der Waals surface area (Å²) in [6.07, 6.45) is -0.233. The molecule has 22 heavy (non-hydrogen) atoms. The number of methoxy groups -OCH3 is 1. The number of nitrogens with one attached hydrogen (secondary N) is 1. The lowest BCUT2D eigenvalue weighted by molar-refractivity contribution is -0.125. The van der Waals surface area contributed by atoms with Gasteiger partial charge in [-0.05, 0) is 24.3 Å². The van der Waals surface area contributed by atoms with Crippen molar-refractivity contribution in [3.05, 3.63) is 54.6 Å². The smallest absolute Gasteiger partial charge is 0.236 e. The minimum absolute atomic E-state index is 0.233. The van der Waals surface area contributed by atoms with Gasteiger partial charge in [0.15, 0.2) is 0 Å². The van der Waals surface area contributed by atoms with E-state index in [9.17, 15) is 9.59 Å². The van der Waals surface area contributed by atoms with Crippen molar-refractivity contribution in [3.63, 3.8) is 0 Å². The van der Waals surface area contributed by atoms with Crippen LogP contribution in [0.15, 0.2) is 54.6 Å². The Bertz CT molecular complexity index is 656. The molecule has 0 spiro atoms. The molecule has 5 nitrogen and oxygen atoms in total. The maximum Gasteiger partial charge on any atom is 0.236 e. The number of rotatable bonds is 5. The minimum atomic E-state index is -0.378. The fourth-order valence-electron chi connectivity index (χ4n) is 1.99. The fourth-order valence-corrected chi connectivity index (χ4v) is 1.99. The molecule has 1 N–H and O–H groups in total. The third-order valence-electron chi connectivity index (χ3n) is 3.21. The average Bonchev–Trinajstić information content (AvgIpc) is 2.55. The number of anilines is 2. The van der Waals surface area contributed by atoms with Gasteiger partial charge in [-0.1, -0.05) is 30.3 Å². The third kappa shape index (κ3) is 3.85. The number of hydrogen-bond donors (Lipinski definition) is 1. The van der Waals surface area contributed by atoms with Crippen LogP contribution in [0.2, 0.25) is 0 Å². The summed E-state index contributed by atoms with van der Waals surface area (Å²) in [4.78, 5) is 25.6. The first kappa shape index (κ1) is 15.6. The van der Waals surface area contributed by atoms with Gasteiger partial charge in [0.2, 0.25) is 11.8 Å². The van der Waals surface area contributed by atoms with E-state index in [-0.39, 0.29) is 18.2 Å². The van der Waals surface area contributed by atoms with E-state index in [4.69, 9.17) is 4.74 Å². The van der Waals surface area contributed by atoms with E-state index in [0.29, 0.717) is 11.4 Å². The molecule has 2 aromatic carbocycles. The Morgan fingerprint density at radius 1 is 1.05 bits per heavy atom. The number of nitrogens with zero attached hydrogens (tertiary/aromatic N) is 1. The number of carbonyl (C=O) groups excluding carboxylic acids is 2. The first-order chi connectivity index (χ1) is 10.6. The number of hydrogen-bond acceptors (Lipinski definition) is 3. The highest BCUT2D eigenvalue weighted by atomic mass is 16.5. The molecule has 114 valence electrons. The summed E-state index contributed by atoms with van der Waals surface area (Å²) in [5.74, 6) is -0.101. The first-order valence-corrected chi connectivity index (χ1v) is 6.86. The van der Waals surface area contributed by atoms with Crippen molar-refractivity contribution in [1.82, 2.24) is 0 Å². The second kappa shape index (κ2) is 7.26. The van der Waals surface area contributed by atoms with Crippen molar-refractivity contribution in [2.45, 2.75) is 6.42 Å². The van der Waals surface area contributed by atoms with Crippen LogP contribution in [-0.2, 0) is 9.59 Å². The lowest BCUT2D eigenvalue weighted by atomic mass is 10.2. The second-order valence-corrected chi connectivity index (χ2v) is 4.71. The van der Waals surface area contributed by atoms with Crippen LogP contribution in [0.3, 0.4) is 0 Å². The van der Waals surface area contributed by atoms with Crippen LogP contribution in [-0.4, -0.2) is 26.0 Å². The van der Waals surface area contributed by atoms with Gasteiger partial charge >= 0.3 is 0 Å². The van der Waals surface area contributed by atoms with E-state index in [2.05, 4.69) is 5.32 Å². The topological polar surface area (TPSA) is 58.6 Å². The lowest BCUT2D eigenvalue weighted by Crippen LogP contribution is -2.30. The van der Waals surface area contributed by atoms with Crippen molar-refractivity contribution in [2.75, 3.05) is 24.4 Å². The predicted molar refractivity (Wildman–Crippen MR) is 86.1 cm³/mol. The summed E-state index contributed by atoms with van der Waals surface area (Å²) < 4.78 is 5.16. The molecule has 0 aromatic heterocycles. The van der Waals surface area contributed by atoms with E-state index in [0.717, 1.165) is 5.69 Å². The standard InChI is InChI=1S/C17H18N2O3/c1-19(13-8-4-3-5-9-13)17(21)12-16(20)18-14-10-6-7-11-15(14)22-2/h3-11H,12H2,1-2H3,(H,18,20). The molecule has 0 atom stereocenters. The molecule has 2 aromatic rings. The highest BCUT2D eigenvalue weighted by molar-refractivity contribution is 6.09. The molecule has 0 bridgehead atoms. The van der Waals surface area contributed by atoms with Gasteiger partial charge in [0, 0.05) is 12.7 Å². The second-order valence-electron chi connectivity index (χ2n) is 4.71. The van der Waals surface area contributed by atoms with Crippen LogP contribution in [0.1, 0.15) is 6.42 Å². The van der Waals surface area contributed by atoms with Gasteiger partial charge in [-0.2, -0.15) is 0 Å². The molecule has 0 aliphatic heterocycles. The molecule has 2 rings (SSSR count). The molecular formula is C17H18N2O3. The molecule has 0 saturated heterocycles. The Labute approximate surface area is 129 Å². The fraction of sp³-hybridized carbons (Fsp3) is 0.176. The van der Waals surface area contributed by atoms with E-state index in [1.165, 1.54) is 12.0 Å². The predicted octanol–water partition coefficient (Wildman–Crippen LogP) is 2.69. The molecule has 0 aliphatic rings. The van der Waals surface area contributed by atoms with Crippen LogP contribution in [0.5, 0.6) is 5.75 Å². The van der Waals surface area contributed by atoms with Gasteiger partial charge < -0.3 is 15.0 Å². The van der Waals surface area contributed by atoms with Gasteiger partial charge in [0.1, 0.15) is 12.2 Å². The SMILES string of the molecule is COc1ccccc1NC(=O)CC(=O)N(C)c1ccccc1. The van der Waals surface area contributed by atoms with Gasteiger partial charge in [0.25, 0.3) is 0 Å². The zero-order chi connectivity index (χ0) is 15.9. The summed E-state index contributed by atoms with van der Waals surface area (Å²) in [7, 11) is 3.17. The van der Waals surface area contributed by atoms with Gasteiger partial charge in [0.05, 0.1) is 12.8 Å². The first-order valence-electron chi connectivity index (χ1n) is 6.86. The monoisotopic (exact) mass is 298 g/mol. The van der Waals surface area contributed by atoms with Crippen LogP contribution >= 0.6 is 0 Å². The summed E-state index contributed by atoms with van der Waals surface area (Å²) in [5, 5.41) is 2.69. The maximum atomic E-state index is 12.1. The van der Waals surface area contributed by atoms with Crippen molar-refractivity contribution in [1.29, 1.82) is 0 Å². The molecule has 0 saturated carbocycles. The Hall–Kier alpha value is -2.82. The van der Waals surface area contributed by atoms with E-state index >= 15 is 0 Å². The van der Waals surface area contributed by atoms with E-state index in [1.807, 2.05) is 36.4 Å². The molecule has 2 amide bonds. The highest BCUT2D eigenvalue weighted by Gasteiger charge is 2.16. The van der Waals surface area contributed by atoms with Crippen molar-refractivity contribution in [2.24, 2.45) is 0 Å². The third-order valence-corrected chi connectivity index (χ3v) is 3.21. The number of carbonyl (C=O) groups is 2. The average molecular weight is 298 g/mol.